The molecule has 1 atom stereocenters. The summed E-state index contributed by atoms with van der Waals surface area (Å²) in [5, 5.41) is 13.1. The summed E-state index contributed by atoms with van der Waals surface area (Å²) < 4.78 is 17.3. The van der Waals surface area contributed by atoms with Crippen LogP contribution in [0.5, 0.6) is 5.75 Å². The number of fused-ring (bicyclic) bond motifs is 3. The summed E-state index contributed by atoms with van der Waals surface area (Å²) >= 11 is 0. The molecular weight excluding hydrogens is 464 g/mol. The summed E-state index contributed by atoms with van der Waals surface area (Å²) in [6, 6.07) is 24.3. The van der Waals surface area contributed by atoms with E-state index in [9.17, 15) is 5.11 Å². The zero-order valence-corrected chi connectivity index (χ0v) is 21.2. The zero-order valence-electron chi connectivity index (χ0n) is 21.2. The van der Waals surface area contributed by atoms with Crippen molar-refractivity contribution in [1.82, 2.24) is 9.88 Å². The van der Waals surface area contributed by atoms with Gasteiger partial charge in [0.1, 0.15) is 25.1 Å². The Morgan fingerprint density at radius 3 is 2.43 bits per heavy atom. The lowest BCUT2D eigenvalue weighted by atomic mass is 10.1. The summed E-state index contributed by atoms with van der Waals surface area (Å²) in [7, 11) is 1.57. The molecule has 6 heteroatoms. The van der Waals surface area contributed by atoms with Gasteiger partial charge in [-0.05, 0) is 35.9 Å². The van der Waals surface area contributed by atoms with Crippen molar-refractivity contribution >= 4 is 21.8 Å². The first-order chi connectivity index (χ1) is 18.1. The predicted molar refractivity (Wildman–Crippen MR) is 149 cm³/mol. The molecule has 3 aromatic carbocycles. The van der Waals surface area contributed by atoms with Crippen molar-refractivity contribution in [2.75, 3.05) is 33.4 Å². The molecule has 1 heterocycles. The lowest BCUT2D eigenvalue weighted by Gasteiger charge is -2.25. The Hall–Kier alpha value is -4.00. The third-order valence-electron chi connectivity index (χ3n) is 6.14. The van der Waals surface area contributed by atoms with E-state index in [1.165, 1.54) is 0 Å². The Labute approximate surface area is 218 Å². The van der Waals surface area contributed by atoms with Crippen molar-refractivity contribution in [2.45, 2.75) is 12.6 Å². The molecule has 0 saturated carbocycles. The molecule has 0 spiro atoms. The summed E-state index contributed by atoms with van der Waals surface area (Å²) in [5.41, 5.74) is 3.23. The van der Waals surface area contributed by atoms with E-state index >= 15 is 0 Å². The van der Waals surface area contributed by atoms with Gasteiger partial charge in [0.05, 0.1) is 12.6 Å². The summed E-state index contributed by atoms with van der Waals surface area (Å²) in [4.78, 5) is 5.58. The zero-order chi connectivity index (χ0) is 26.0. The monoisotopic (exact) mass is 498 g/mol. The summed E-state index contributed by atoms with van der Waals surface area (Å²) in [6.07, 6.45) is 2.51. The van der Waals surface area contributed by atoms with Gasteiger partial charge in [0.15, 0.2) is 11.5 Å². The quantitative estimate of drug-likeness (QED) is 0.170. The van der Waals surface area contributed by atoms with Gasteiger partial charge in [-0.2, -0.15) is 0 Å². The fraction of sp³-hybridized carbons (Fsp3) is 0.226. The summed E-state index contributed by atoms with van der Waals surface area (Å²) in [5.74, 6) is 1.82. The third kappa shape index (κ3) is 6.61. The molecule has 37 heavy (non-hydrogen) atoms. The Kier molecular flexibility index (Phi) is 9.03. The van der Waals surface area contributed by atoms with E-state index < -0.39 is 6.10 Å². The molecule has 4 aromatic rings. The van der Waals surface area contributed by atoms with Crippen molar-refractivity contribution in [3.05, 3.63) is 115 Å². The number of methoxy groups -OCH3 is 1. The van der Waals surface area contributed by atoms with Crippen LogP contribution in [-0.2, 0) is 16.0 Å². The molecule has 0 aliphatic carbocycles. The number of aliphatic hydroxyl groups excluding tert-OH is 1. The maximum atomic E-state index is 10.9. The van der Waals surface area contributed by atoms with Crippen molar-refractivity contribution in [2.24, 2.45) is 0 Å². The second kappa shape index (κ2) is 12.8. The first kappa shape index (κ1) is 26.1. The number of aromatic nitrogens is 1. The number of aliphatic hydroxyl groups is 1. The number of nitrogens with zero attached hydrogens (tertiary/aromatic N) is 1. The maximum absolute atomic E-state index is 10.9. The minimum atomic E-state index is -0.693. The standard InChI is InChI=1S/C31H34N2O4/c1-4-28(35-3)29(5-2)36-19-18-33(20-23-12-7-6-8-13-23)21-24(34)22-37-30-17-11-16-27-31(30)25-14-9-10-15-26(25)32-27/h4-17,24,32,34H,1-2,18-22H2,3H3/b29-28-. The molecule has 0 aliphatic rings. The average Bonchev–Trinajstić information content (AvgIpc) is 3.31. The molecule has 0 amide bonds. The maximum Gasteiger partial charge on any atom is 0.160 e. The first-order valence-corrected chi connectivity index (χ1v) is 12.4. The Morgan fingerprint density at radius 1 is 0.946 bits per heavy atom. The Bertz CT molecular complexity index is 1360. The molecule has 0 saturated heterocycles. The highest BCUT2D eigenvalue weighted by Crippen LogP contribution is 2.33. The van der Waals surface area contributed by atoms with Gasteiger partial charge < -0.3 is 24.3 Å². The number of nitrogens with one attached hydrogen (secondary N) is 1. The number of aromatic amines is 1. The second-order valence-electron chi connectivity index (χ2n) is 8.72. The topological polar surface area (TPSA) is 67.0 Å². The van der Waals surface area contributed by atoms with E-state index in [1.807, 2.05) is 48.5 Å². The lowest BCUT2D eigenvalue weighted by molar-refractivity contribution is 0.0558. The van der Waals surface area contributed by atoms with Crippen molar-refractivity contribution in [1.29, 1.82) is 0 Å². The number of hydrogen-bond acceptors (Lipinski definition) is 5. The van der Waals surface area contributed by atoms with Crippen LogP contribution >= 0.6 is 0 Å². The van der Waals surface area contributed by atoms with Gasteiger partial charge in [0, 0.05) is 35.9 Å². The largest absolute Gasteiger partial charge is 0.493 e. The van der Waals surface area contributed by atoms with Gasteiger partial charge in [-0.25, -0.2) is 0 Å². The molecule has 2 N–H and O–H groups in total. The Morgan fingerprint density at radius 2 is 1.68 bits per heavy atom. The van der Waals surface area contributed by atoms with Crippen LogP contribution in [0.3, 0.4) is 0 Å². The van der Waals surface area contributed by atoms with Crippen molar-refractivity contribution in [3.63, 3.8) is 0 Å². The van der Waals surface area contributed by atoms with E-state index in [2.05, 4.69) is 47.3 Å². The second-order valence-corrected chi connectivity index (χ2v) is 8.72. The minimum Gasteiger partial charge on any atom is -0.493 e. The van der Waals surface area contributed by atoms with E-state index in [0.29, 0.717) is 37.8 Å². The van der Waals surface area contributed by atoms with Crippen LogP contribution in [0.15, 0.2) is 110 Å². The third-order valence-corrected chi connectivity index (χ3v) is 6.14. The van der Waals surface area contributed by atoms with Gasteiger partial charge in [-0.3, -0.25) is 4.90 Å². The molecule has 0 aliphatic heterocycles. The van der Waals surface area contributed by atoms with Gasteiger partial charge in [-0.15, -0.1) is 0 Å². The lowest BCUT2D eigenvalue weighted by Crippen LogP contribution is -2.37. The van der Waals surface area contributed by atoms with Crippen molar-refractivity contribution < 1.29 is 19.3 Å². The molecular formula is C31H34N2O4. The van der Waals surface area contributed by atoms with Gasteiger partial charge >= 0.3 is 0 Å². The highest BCUT2D eigenvalue weighted by Gasteiger charge is 2.16. The van der Waals surface area contributed by atoms with Gasteiger partial charge in [0.2, 0.25) is 0 Å². The number of para-hydroxylation sites is 1. The molecule has 6 nitrogen and oxygen atoms in total. The molecule has 0 fully saturated rings. The van der Waals surface area contributed by atoms with E-state index in [1.54, 1.807) is 19.3 Å². The minimum absolute atomic E-state index is 0.173. The fourth-order valence-electron chi connectivity index (χ4n) is 4.40. The van der Waals surface area contributed by atoms with Crippen LogP contribution in [0, 0.1) is 0 Å². The number of benzene rings is 3. The number of ether oxygens (including phenoxy) is 3. The fourth-order valence-corrected chi connectivity index (χ4v) is 4.40. The molecule has 0 radical (unpaired) electrons. The first-order valence-electron chi connectivity index (χ1n) is 12.4. The molecule has 1 aromatic heterocycles. The highest BCUT2D eigenvalue weighted by atomic mass is 16.5. The molecule has 1 unspecified atom stereocenters. The highest BCUT2D eigenvalue weighted by molar-refractivity contribution is 6.10. The SMILES string of the molecule is C=C/C(OC)=C(\C=C)OCCN(Cc1ccccc1)CC(O)COc1cccc2[nH]c3ccccc3c12. The number of allylic oxidation sites excluding steroid dienone is 2. The van der Waals surface area contributed by atoms with E-state index in [-0.39, 0.29) is 6.61 Å². The Balaban J connectivity index is 1.42. The van der Waals surface area contributed by atoms with Crippen LogP contribution in [0.25, 0.3) is 21.8 Å². The van der Waals surface area contributed by atoms with Crippen LogP contribution in [0.1, 0.15) is 5.56 Å². The summed E-state index contributed by atoms with van der Waals surface area (Å²) in [6.45, 7) is 9.81. The van der Waals surface area contributed by atoms with Crippen molar-refractivity contribution in [3.8, 4) is 5.75 Å². The molecule has 192 valence electrons. The van der Waals surface area contributed by atoms with E-state index in [4.69, 9.17) is 14.2 Å². The predicted octanol–water partition coefficient (Wildman–Crippen LogP) is 5.81. The average molecular weight is 499 g/mol. The normalized spacial score (nSPS) is 12.8. The van der Waals surface area contributed by atoms with Crippen LogP contribution in [0.2, 0.25) is 0 Å². The molecule has 4 rings (SSSR count). The number of H-pyrrole nitrogens is 1. The van der Waals surface area contributed by atoms with Crippen LogP contribution < -0.4 is 4.74 Å². The smallest absolute Gasteiger partial charge is 0.160 e. The number of rotatable bonds is 14. The van der Waals surface area contributed by atoms with Gasteiger partial charge in [-0.1, -0.05) is 67.8 Å². The van der Waals surface area contributed by atoms with Gasteiger partial charge in [0.25, 0.3) is 0 Å². The van der Waals surface area contributed by atoms with Crippen LogP contribution in [-0.4, -0.2) is 54.5 Å². The number of hydrogen-bond donors (Lipinski definition) is 2. The van der Waals surface area contributed by atoms with E-state index in [0.717, 1.165) is 33.1 Å². The van der Waals surface area contributed by atoms with Crippen LogP contribution in [0.4, 0.5) is 0 Å². The molecule has 0 bridgehead atoms.